The second-order valence-corrected chi connectivity index (χ2v) is 4.55. The summed E-state index contributed by atoms with van der Waals surface area (Å²) in [6.07, 6.45) is -4.35. The van der Waals surface area contributed by atoms with Crippen molar-refractivity contribution in [2.24, 2.45) is 10.7 Å². The normalized spacial score (nSPS) is 12.6. The fourth-order valence-corrected chi connectivity index (χ4v) is 1.42. The number of nitrogens with zero attached hydrogens (tertiary/aromatic N) is 1. The highest BCUT2D eigenvalue weighted by molar-refractivity contribution is 5.78. The van der Waals surface area contributed by atoms with E-state index in [1.54, 1.807) is 12.1 Å². The molecule has 0 unspecified atom stereocenters. The minimum absolute atomic E-state index is 0.158. The van der Waals surface area contributed by atoms with Crippen molar-refractivity contribution in [2.45, 2.75) is 32.6 Å². The van der Waals surface area contributed by atoms with E-state index in [0.717, 1.165) is 5.56 Å². The number of hydrogen-bond acceptors (Lipinski definition) is 2. The largest absolute Gasteiger partial charge is 0.484 e. The molecule has 0 saturated heterocycles. The molecule has 20 heavy (non-hydrogen) atoms. The number of alkyl halides is 3. The zero-order chi connectivity index (χ0) is 15.2. The maximum Gasteiger partial charge on any atom is 0.422 e. The number of rotatable bonds is 5. The van der Waals surface area contributed by atoms with Crippen LogP contribution in [0.4, 0.5) is 13.2 Å². The lowest BCUT2D eigenvalue weighted by atomic mass is 10.2. The number of nitrogens with one attached hydrogen (secondary N) is 1. The molecule has 0 aliphatic carbocycles. The molecule has 7 heteroatoms. The number of guanidine groups is 1. The van der Waals surface area contributed by atoms with E-state index in [-0.39, 0.29) is 18.3 Å². The molecule has 4 nitrogen and oxygen atoms in total. The van der Waals surface area contributed by atoms with Gasteiger partial charge in [-0.3, -0.25) is 0 Å². The maximum atomic E-state index is 12.0. The van der Waals surface area contributed by atoms with Gasteiger partial charge in [0.05, 0.1) is 6.54 Å². The standard InChI is InChI=1S/C13H18F3N3O/c1-9(2)19-12(17)18-7-10-4-3-5-11(6-10)20-8-13(14,15)16/h3-6,9H,7-8H2,1-2H3,(H3,17,18,19). The van der Waals surface area contributed by atoms with Crippen molar-refractivity contribution in [2.75, 3.05) is 6.61 Å². The molecule has 0 fully saturated rings. The number of ether oxygens (including phenoxy) is 1. The fraction of sp³-hybridized carbons (Fsp3) is 0.462. The summed E-state index contributed by atoms with van der Waals surface area (Å²) in [4.78, 5) is 4.09. The van der Waals surface area contributed by atoms with E-state index in [2.05, 4.69) is 15.0 Å². The first-order chi connectivity index (χ1) is 9.26. The summed E-state index contributed by atoms with van der Waals surface area (Å²) in [5.74, 6) is 0.451. The summed E-state index contributed by atoms with van der Waals surface area (Å²) in [5.41, 5.74) is 6.36. The number of nitrogens with two attached hydrogens (primary N) is 1. The molecule has 0 atom stereocenters. The average molecular weight is 289 g/mol. The minimum Gasteiger partial charge on any atom is -0.484 e. The molecule has 0 aliphatic heterocycles. The highest BCUT2D eigenvalue weighted by atomic mass is 19.4. The van der Waals surface area contributed by atoms with E-state index in [0.29, 0.717) is 5.96 Å². The predicted molar refractivity (Wildman–Crippen MR) is 71.6 cm³/mol. The zero-order valence-electron chi connectivity index (χ0n) is 11.4. The summed E-state index contributed by atoms with van der Waals surface area (Å²) in [5, 5.41) is 2.92. The van der Waals surface area contributed by atoms with Crippen molar-refractivity contribution in [3.8, 4) is 5.75 Å². The first-order valence-corrected chi connectivity index (χ1v) is 6.11. The summed E-state index contributed by atoms with van der Waals surface area (Å²) in [7, 11) is 0. The van der Waals surface area contributed by atoms with Crippen LogP contribution in [0.5, 0.6) is 5.75 Å². The molecule has 1 aromatic carbocycles. The Morgan fingerprint density at radius 2 is 2.10 bits per heavy atom. The third-order valence-corrected chi connectivity index (χ3v) is 2.17. The summed E-state index contributed by atoms with van der Waals surface area (Å²) in [6.45, 7) is 2.81. The van der Waals surface area contributed by atoms with Crippen LogP contribution in [0.15, 0.2) is 29.3 Å². The highest BCUT2D eigenvalue weighted by Gasteiger charge is 2.28. The zero-order valence-corrected chi connectivity index (χ0v) is 11.4. The Morgan fingerprint density at radius 1 is 1.40 bits per heavy atom. The first-order valence-electron chi connectivity index (χ1n) is 6.11. The monoisotopic (exact) mass is 289 g/mol. The fourth-order valence-electron chi connectivity index (χ4n) is 1.42. The quantitative estimate of drug-likeness (QED) is 0.646. The van der Waals surface area contributed by atoms with Crippen molar-refractivity contribution < 1.29 is 17.9 Å². The van der Waals surface area contributed by atoms with Gasteiger partial charge in [0, 0.05) is 6.04 Å². The first kappa shape index (κ1) is 16.1. The molecule has 0 spiro atoms. The van der Waals surface area contributed by atoms with E-state index in [4.69, 9.17) is 5.73 Å². The van der Waals surface area contributed by atoms with Gasteiger partial charge in [0.25, 0.3) is 0 Å². The molecule has 0 radical (unpaired) electrons. The second kappa shape index (κ2) is 7.02. The molecule has 0 bridgehead atoms. The molecule has 0 aromatic heterocycles. The van der Waals surface area contributed by atoms with Crippen LogP contribution in [0, 0.1) is 0 Å². The van der Waals surface area contributed by atoms with Crippen LogP contribution >= 0.6 is 0 Å². The van der Waals surface area contributed by atoms with Crippen molar-refractivity contribution in [3.05, 3.63) is 29.8 Å². The van der Waals surface area contributed by atoms with Gasteiger partial charge in [0.15, 0.2) is 12.6 Å². The van der Waals surface area contributed by atoms with Crippen LogP contribution in [0.25, 0.3) is 0 Å². The third-order valence-electron chi connectivity index (χ3n) is 2.17. The Morgan fingerprint density at radius 3 is 2.70 bits per heavy atom. The maximum absolute atomic E-state index is 12.0. The van der Waals surface area contributed by atoms with Gasteiger partial charge in [-0.15, -0.1) is 0 Å². The smallest absolute Gasteiger partial charge is 0.422 e. The van der Waals surface area contributed by atoms with Gasteiger partial charge in [0.2, 0.25) is 0 Å². The Balaban J connectivity index is 2.60. The lowest BCUT2D eigenvalue weighted by Crippen LogP contribution is -2.36. The average Bonchev–Trinajstić information content (AvgIpc) is 2.33. The Kier molecular flexibility index (Phi) is 5.66. The molecule has 1 rings (SSSR count). The molecule has 0 amide bonds. The predicted octanol–water partition coefficient (Wildman–Crippen LogP) is 2.44. The van der Waals surface area contributed by atoms with Gasteiger partial charge >= 0.3 is 6.18 Å². The van der Waals surface area contributed by atoms with E-state index in [9.17, 15) is 13.2 Å². The van der Waals surface area contributed by atoms with Crippen molar-refractivity contribution >= 4 is 5.96 Å². The lowest BCUT2D eigenvalue weighted by Gasteiger charge is -2.10. The van der Waals surface area contributed by atoms with Crippen LogP contribution in [-0.2, 0) is 6.54 Å². The van der Waals surface area contributed by atoms with Crippen LogP contribution in [0.1, 0.15) is 19.4 Å². The number of halogens is 3. The van der Waals surface area contributed by atoms with E-state index in [1.807, 2.05) is 13.8 Å². The van der Waals surface area contributed by atoms with Crippen molar-refractivity contribution in [3.63, 3.8) is 0 Å². The highest BCUT2D eigenvalue weighted by Crippen LogP contribution is 2.19. The number of benzene rings is 1. The molecule has 3 N–H and O–H groups in total. The molecular formula is C13H18F3N3O. The Labute approximate surface area is 115 Å². The molecule has 0 saturated carbocycles. The van der Waals surface area contributed by atoms with Crippen molar-refractivity contribution in [1.82, 2.24) is 5.32 Å². The van der Waals surface area contributed by atoms with Crippen LogP contribution < -0.4 is 15.8 Å². The number of aliphatic imine (C=N–C) groups is 1. The van der Waals surface area contributed by atoms with Gasteiger partial charge in [-0.2, -0.15) is 13.2 Å². The summed E-state index contributed by atoms with van der Waals surface area (Å²) >= 11 is 0. The third kappa shape index (κ3) is 6.86. The van der Waals surface area contributed by atoms with E-state index >= 15 is 0 Å². The van der Waals surface area contributed by atoms with Crippen LogP contribution in [0.3, 0.4) is 0 Å². The Hall–Kier alpha value is -1.92. The number of hydrogen-bond donors (Lipinski definition) is 2. The van der Waals surface area contributed by atoms with E-state index < -0.39 is 12.8 Å². The molecule has 112 valence electrons. The van der Waals surface area contributed by atoms with Crippen LogP contribution in [-0.4, -0.2) is 24.8 Å². The van der Waals surface area contributed by atoms with E-state index in [1.165, 1.54) is 12.1 Å². The van der Waals surface area contributed by atoms with Gasteiger partial charge in [-0.25, -0.2) is 4.99 Å². The molecule has 1 aromatic rings. The van der Waals surface area contributed by atoms with Gasteiger partial charge in [0.1, 0.15) is 5.75 Å². The molecule has 0 aliphatic rings. The van der Waals surface area contributed by atoms with Crippen molar-refractivity contribution in [1.29, 1.82) is 0 Å². The van der Waals surface area contributed by atoms with Crippen LogP contribution in [0.2, 0.25) is 0 Å². The SMILES string of the molecule is CC(C)NC(N)=NCc1cccc(OCC(F)(F)F)c1. The molecular weight excluding hydrogens is 271 g/mol. The summed E-state index contributed by atoms with van der Waals surface area (Å²) in [6, 6.07) is 6.50. The Bertz CT molecular complexity index is 458. The molecule has 0 heterocycles. The topological polar surface area (TPSA) is 59.6 Å². The lowest BCUT2D eigenvalue weighted by molar-refractivity contribution is -0.153. The van der Waals surface area contributed by atoms with Gasteiger partial charge in [-0.05, 0) is 31.5 Å². The minimum atomic E-state index is -4.35. The van der Waals surface area contributed by atoms with Gasteiger partial charge < -0.3 is 15.8 Å². The second-order valence-electron chi connectivity index (χ2n) is 4.55. The van der Waals surface area contributed by atoms with Gasteiger partial charge in [-0.1, -0.05) is 12.1 Å². The summed E-state index contributed by atoms with van der Waals surface area (Å²) < 4.78 is 40.8.